The highest BCUT2D eigenvalue weighted by Crippen LogP contribution is 2.19. The highest BCUT2D eigenvalue weighted by atomic mass is 16.6. The minimum absolute atomic E-state index is 0.0855. The number of nitriles is 1. The number of ether oxygens (including phenoxy) is 1. The van der Waals surface area contributed by atoms with Crippen LogP contribution in [0.15, 0.2) is 47.1 Å². The van der Waals surface area contributed by atoms with E-state index in [2.05, 4.69) is 0 Å². The molecular weight excluding hydrogens is 230 g/mol. The Labute approximate surface area is 104 Å². The Kier molecular flexibility index (Phi) is 3.44. The number of carbonyl (C=O) groups excluding carboxylic acids is 1. The minimum Gasteiger partial charge on any atom is -0.457 e. The summed E-state index contributed by atoms with van der Waals surface area (Å²) in [4.78, 5) is 11.6. The van der Waals surface area contributed by atoms with Crippen molar-refractivity contribution in [2.45, 2.75) is 13.0 Å². The van der Waals surface area contributed by atoms with E-state index in [-0.39, 0.29) is 5.76 Å². The molecule has 0 saturated carbocycles. The third kappa shape index (κ3) is 2.58. The summed E-state index contributed by atoms with van der Waals surface area (Å²) in [6, 6.07) is 12.3. The van der Waals surface area contributed by atoms with E-state index in [4.69, 9.17) is 14.4 Å². The van der Waals surface area contributed by atoms with Gasteiger partial charge in [0.1, 0.15) is 6.07 Å². The van der Waals surface area contributed by atoms with Crippen LogP contribution in [0.5, 0.6) is 0 Å². The molecule has 90 valence electrons. The van der Waals surface area contributed by atoms with Crippen LogP contribution in [0.2, 0.25) is 0 Å². The van der Waals surface area contributed by atoms with Gasteiger partial charge in [-0.05, 0) is 19.1 Å². The van der Waals surface area contributed by atoms with Gasteiger partial charge in [-0.1, -0.05) is 29.8 Å². The molecule has 0 radical (unpaired) electrons. The van der Waals surface area contributed by atoms with E-state index in [0.29, 0.717) is 5.56 Å². The van der Waals surface area contributed by atoms with Crippen LogP contribution >= 0.6 is 0 Å². The van der Waals surface area contributed by atoms with E-state index < -0.39 is 12.1 Å². The minimum atomic E-state index is -0.928. The highest BCUT2D eigenvalue weighted by molar-refractivity contribution is 5.86. The second-order valence-electron chi connectivity index (χ2n) is 3.80. The number of aryl methyl sites for hydroxylation is 1. The molecule has 1 aromatic heterocycles. The summed E-state index contributed by atoms with van der Waals surface area (Å²) in [5.41, 5.74) is 1.72. The predicted molar refractivity (Wildman–Crippen MR) is 63.7 cm³/mol. The lowest BCUT2D eigenvalue weighted by atomic mass is 10.1. The molecule has 0 bridgehead atoms. The van der Waals surface area contributed by atoms with E-state index in [9.17, 15) is 4.79 Å². The van der Waals surface area contributed by atoms with Crippen molar-refractivity contribution < 1.29 is 13.9 Å². The number of carbonyl (C=O) groups is 1. The molecular formula is C14H11NO3. The Bertz CT molecular complexity index is 564. The maximum atomic E-state index is 11.6. The molecule has 0 aliphatic carbocycles. The third-order valence-corrected chi connectivity index (χ3v) is 2.44. The van der Waals surface area contributed by atoms with Crippen molar-refractivity contribution >= 4 is 5.97 Å². The van der Waals surface area contributed by atoms with Crippen LogP contribution in [0, 0.1) is 18.3 Å². The summed E-state index contributed by atoms with van der Waals surface area (Å²) in [6.07, 6.45) is 0.451. The largest absolute Gasteiger partial charge is 0.457 e. The van der Waals surface area contributed by atoms with Gasteiger partial charge in [-0.2, -0.15) is 5.26 Å². The van der Waals surface area contributed by atoms with E-state index in [0.717, 1.165) is 5.56 Å². The first-order valence-corrected chi connectivity index (χ1v) is 5.41. The Hall–Kier alpha value is -2.54. The molecule has 1 unspecified atom stereocenters. The second-order valence-corrected chi connectivity index (χ2v) is 3.80. The van der Waals surface area contributed by atoms with E-state index in [1.165, 1.54) is 12.3 Å². The molecule has 1 atom stereocenters. The summed E-state index contributed by atoms with van der Waals surface area (Å²) in [5, 5.41) is 9.04. The third-order valence-electron chi connectivity index (χ3n) is 2.44. The second kappa shape index (κ2) is 5.19. The lowest BCUT2D eigenvalue weighted by Crippen LogP contribution is -2.09. The number of furan rings is 1. The molecule has 0 aliphatic heterocycles. The van der Waals surface area contributed by atoms with Gasteiger partial charge in [0.15, 0.2) is 0 Å². The van der Waals surface area contributed by atoms with E-state index >= 15 is 0 Å². The number of hydrogen-bond acceptors (Lipinski definition) is 4. The molecule has 18 heavy (non-hydrogen) atoms. The Morgan fingerprint density at radius 1 is 1.33 bits per heavy atom. The smallest absolute Gasteiger partial charge is 0.375 e. The van der Waals surface area contributed by atoms with Gasteiger partial charge in [0.2, 0.25) is 11.9 Å². The van der Waals surface area contributed by atoms with Gasteiger partial charge >= 0.3 is 5.97 Å². The molecule has 1 aromatic carbocycles. The highest BCUT2D eigenvalue weighted by Gasteiger charge is 2.18. The van der Waals surface area contributed by atoms with Gasteiger partial charge in [0, 0.05) is 5.56 Å². The molecule has 1 heterocycles. The number of nitrogens with zero attached hydrogens (tertiary/aromatic N) is 1. The summed E-state index contributed by atoms with van der Waals surface area (Å²) in [7, 11) is 0. The van der Waals surface area contributed by atoms with Crippen LogP contribution in [0.3, 0.4) is 0 Å². The monoisotopic (exact) mass is 241 g/mol. The first-order valence-electron chi connectivity index (χ1n) is 5.41. The Morgan fingerprint density at radius 3 is 2.61 bits per heavy atom. The van der Waals surface area contributed by atoms with Gasteiger partial charge in [0.05, 0.1) is 6.26 Å². The number of esters is 1. The topological polar surface area (TPSA) is 63.2 Å². The van der Waals surface area contributed by atoms with Gasteiger partial charge in [-0.25, -0.2) is 4.79 Å². The Morgan fingerprint density at radius 2 is 2.06 bits per heavy atom. The van der Waals surface area contributed by atoms with Gasteiger partial charge in [-0.3, -0.25) is 0 Å². The zero-order chi connectivity index (χ0) is 13.0. The van der Waals surface area contributed by atoms with Crippen molar-refractivity contribution in [3.63, 3.8) is 0 Å². The lowest BCUT2D eigenvalue weighted by Gasteiger charge is -2.10. The number of hydrogen-bond donors (Lipinski definition) is 0. The molecule has 4 nitrogen and oxygen atoms in total. The van der Waals surface area contributed by atoms with Crippen LogP contribution in [0.1, 0.15) is 27.8 Å². The van der Waals surface area contributed by atoms with Crippen molar-refractivity contribution in [3.8, 4) is 6.07 Å². The number of benzene rings is 1. The van der Waals surface area contributed by atoms with Crippen molar-refractivity contribution in [1.29, 1.82) is 5.26 Å². The first kappa shape index (κ1) is 11.9. The van der Waals surface area contributed by atoms with Crippen molar-refractivity contribution in [2.24, 2.45) is 0 Å². The summed E-state index contributed by atoms with van der Waals surface area (Å²) in [6.45, 7) is 1.94. The molecule has 4 heteroatoms. The summed E-state index contributed by atoms with van der Waals surface area (Å²) in [5.74, 6) is -0.561. The molecule has 0 spiro atoms. The summed E-state index contributed by atoms with van der Waals surface area (Å²) >= 11 is 0. The van der Waals surface area contributed by atoms with Gasteiger partial charge in [-0.15, -0.1) is 0 Å². The van der Waals surface area contributed by atoms with Crippen molar-refractivity contribution in [3.05, 3.63) is 59.5 Å². The van der Waals surface area contributed by atoms with Crippen molar-refractivity contribution in [2.75, 3.05) is 0 Å². The fourth-order valence-electron chi connectivity index (χ4n) is 1.47. The summed E-state index contributed by atoms with van der Waals surface area (Å²) < 4.78 is 9.99. The predicted octanol–water partition coefficient (Wildman–Crippen LogP) is 3.01. The molecule has 0 aliphatic rings. The van der Waals surface area contributed by atoms with Crippen LogP contribution in [-0.2, 0) is 4.74 Å². The molecule has 2 rings (SSSR count). The SMILES string of the molecule is Cc1ccc(C(C#N)OC(=O)c2ccco2)cc1. The fourth-order valence-corrected chi connectivity index (χ4v) is 1.47. The quantitative estimate of drug-likeness (QED) is 0.775. The maximum absolute atomic E-state index is 11.6. The zero-order valence-corrected chi connectivity index (χ0v) is 9.79. The maximum Gasteiger partial charge on any atom is 0.375 e. The van der Waals surface area contributed by atoms with Crippen LogP contribution in [0.25, 0.3) is 0 Å². The first-order chi connectivity index (χ1) is 8.70. The Balaban J connectivity index is 2.13. The molecule has 0 N–H and O–H groups in total. The van der Waals surface area contributed by atoms with Gasteiger partial charge in [0.25, 0.3) is 0 Å². The van der Waals surface area contributed by atoms with E-state index in [1.807, 2.05) is 25.1 Å². The average molecular weight is 241 g/mol. The van der Waals surface area contributed by atoms with Crippen LogP contribution < -0.4 is 0 Å². The normalized spacial score (nSPS) is 11.6. The lowest BCUT2D eigenvalue weighted by molar-refractivity contribution is 0.0367. The van der Waals surface area contributed by atoms with Crippen molar-refractivity contribution in [1.82, 2.24) is 0 Å². The molecule has 0 fully saturated rings. The molecule has 0 amide bonds. The standard InChI is InChI=1S/C14H11NO3/c1-10-4-6-11(7-5-10)13(9-15)18-14(16)12-3-2-8-17-12/h2-8,13H,1H3. The van der Waals surface area contributed by atoms with E-state index in [1.54, 1.807) is 18.2 Å². The zero-order valence-electron chi connectivity index (χ0n) is 9.79. The molecule has 2 aromatic rings. The van der Waals surface area contributed by atoms with Crippen LogP contribution in [-0.4, -0.2) is 5.97 Å². The van der Waals surface area contributed by atoms with Gasteiger partial charge < -0.3 is 9.15 Å². The fraction of sp³-hybridized carbons (Fsp3) is 0.143. The van der Waals surface area contributed by atoms with Crippen LogP contribution in [0.4, 0.5) is 0 Å². The average Bonchev–Trinajstić information content (AvgIpc) is 2.91. The molecule has 0 saturated heterocycles. The number of rotatable bonds is 3.